The van der Waals surface area contributed by atoms with E-state index in [9.17, 15) is 30.8 Å². The fraction of sp³-hybridized carbons (Fsp3) is 0.235. The van der Waals surface area contributed by atoms with E-state index in [2.05, 4.69) is 4.72 Å². The molecule has 2 N–H and O–H groups in total. The first-order chi connectivity index (χ1) is 12.6. The van der Waals surface area contributed by atoms with Crippen molar-refractivity contribution in [2.24, 2.45) is 0 Å². The summed E-state index contributed by atoms with van der Waals surface area (Å²) in [6.07, 6.45) is -4.26. The lowest BCUT2D eigenvalue weighted by Gasteiger charge is -2.10. The Morgan fingerprint density at radius 2 is 1.70 bits per heavy atom. The highest BCUT2D eigenvalue weighted by Gasteiger charge is 2.28. The summed E-state index contributed by atoms with van der Waals surface area (Å²) in [4.78, 5) is 11.5. The van der Waals surface area contributed by atoms with Gasteiger partial charge < -0.3 is 5.32 Å². The van der Waals surface area contributed by atoms with Gasteiger partial charge in [0.05, 0.1) is 4.90 Å². The van der Waals surface area contributed by atoms with Crippen LogP contribution in [-0.2, 0) is 16.4 Å². The maximum absolute atomic E-state index is 13.1. The number of carbonyl (C=O) groups excluding carboxylic acids is 1. The van der Waals surface area contributed by atoms with Gasteiger partial charge in [0.2, 0.25) is 10.0 Å². The number of nitrogens with one attached hydrogen (secondary N) is 2. The SMILES string of the molecule is O=C(NCC(F)(F)F)c1ccc(S(=O)(=O)NCCc2cccc(F)c2)cc1. The van der Waals surface area contributed by atoms with Crippen LogP contribution in [0.5, 0.6) is 0 Å². The third-order valence-electron chi connectivity index (χ3n) is 3.47. The van der Waals surface area contributed by atoms with Crippen LogP contribution in [0.15, 0.2) is 53.4 Å². The van der Waals surface area contributed by atoms with Crippen LogP contribution in [0.1, 0.15) is 15.9 Å². The first-order valence-electron chi connectivity index (χ1n) is 7.76. The Hall–Kier alpha value is -2.46. The smallest absolute Gasteiger partial charge is 0.343 e. The zero-order valence-electron chi connectivity index (χ0n) is 13.9. The lowest BCUT2D eigenvalue weighted by molar-refractivity contribution is -0.123. The van der Waals surface area contributed by atoms with Gasteiger partial charge in [0.15, 0.2) is 0 Å². The fourth-order valence-electron chi connectivity index (χ4n) is 2.17. The molecule has 0 bridgehead atoms. The molecule has 2 aromatic rings. The summed E-state index contributed by atoms with van der Waals surface area (Å²) in [7, 11) is -3.87. The molecule has 0 saturated carbocycles. The molecule has 0 aliphatic rings. The van der Waals surface area contributed by atoms with Gasteiger partial charge in [-0.15, -0.1) is 0 Å². The lowest BCUT2D eigenvalue weighted by Crippen LogP contribution is -2.33. The molecule has 0 aromatic heterocycles. The normalized spacial score (nSPS) is 12.0. The van der Waals surface area contributed by atoms with E-state index in [4.69, 9.17) is 0 Å². The van der Waals surface area contributed by atoms with Crippen molar-refractivity contribution in [1.29, 1.82) is 0 Å². The van der Waals surface area contributed by atoms with Gasteiger partial charge in [0.25, 0.3) is 5.91 Å². The largest absolute Gasteiger partial charge is 0.405 e. The molecule has 5 nitrogen and oxygen atoms in total. The average Bonchev–Trinajstić information content (AvgIpc) is 2.59. The molecule has 0 aliphatic heterocycles. The Kier molecular flexibility index (Phi) is 6.55. The van der Waals surface area contributed by atoms with Crippen molar-refractivity contribution in [1.82, 2.24) is 10.0 Å². The van der Waals surface area contributed by atoms with Crippen molar-refractivity contribution in [3.63, 3.8) is 0 Å². The quantitative estimate of drug-likeness (QED) is 0.697. The van der Waals surface area contributed by atoms with Crippen molar-refractivity contribution in [2.45, 2.75) is 17.5 Å². The standard InChI is InChI=1S/C17H16F4N2O3S/c18-14-3-1-2-12(10-14)8-9-23-27(25,26)15-6-4-13(5-7-15)16(24)22-11-17(19,20)21/h1-7,10,23H,8-9,11H2,(H,22,24). The minimum absolute atomic E-state index is 0.0274. The van der Waals surface area contributed by atoms with Crippen LogP contribution in [0.4, 0.5) is 17.6 Å². The summed E-state index contributed by atoms with van der Waals surface area (Å²) >= 11 is 0. The zero-order chi connectivity index (χ0) is 20.1. The Balaban J connectivity index is 1.95. The topological polar surface area (TPSA) is 75.3 Å². The molecule has 0 spiro atoms. The third kappa shape index (κ3) is 6.65. The molecule has 146 valence electrons. The predicted octanol–water partition coefficient (Wildman–Crippen LogP) is 2.64. The van der Waals surface area contributed by atoms with Gasteiger partial charge in [-0.2, -0.15) is 13.2 Å². The van der Waals surface area contributed by atoms with E-state index in [0.29, 0.717) is 5.56 Å². The third-order valence-corrected chi connectivity index (χ3v) is 4.95. The minimum atomic E-state index is -4.54. The first kappa shape index (κ1) is 20.8. The number of hydrogen-bond donors (Lipinski definition) is 2. The van der Waals surface area contributed by atoms with Crippen molar-refractivity contribution in [3.05, 3.63) is 65.5 Å². The molecule has 0 aliphatic carbocycles. The van der Waals surface area contributed by atoms with Crippen LogP contribution in [0.2, 0.25) is 0 Å². The molecule has 0 unspecified atom stereocenters. The highest BCUT2D eigenvalue weighted by Crippen LogP contribution is 2.14. The van der Waals surface area contributed by atoms with Crippen LogP contribution in [0.25, 0.3) is 0 Å². The number of alkyl halides is 3. The number of amides is 1. The van der Waals surface area contributed by atoms with E-state index < -0.39 is 34.5 Å². The number of rotatable bonds is 7. The fourth-order valence-corrected chi connectivity index (χ4v) is 3.21. The lowest BCUT2D eigenvalue weighted by atomic mass is 10.1. The van der Waals surface area contributed by atoms with Gasteiger partial charge in [-0.1, -0.05) is 12.1 Å². The van der Waals surface area contributed by atoms with Crippen LogP contribution < -0.4 is 10.0 Å². The molecule has 0 radical (unpaired) electrons. The zero-order valence-corrected chi connectivity index (χ0v) is 14.7. The molecule has 2 aromatic carbocycles. The first-order valence-corrected chi connectivity index (χ1v) is 9.24. The Morgan fingerprint density at radius 3 is 2.30 bits per heavy atom. The van der Waals surface area contributed by atoms with Crippen LogP contribution in [-0.4, -0.2) is 33.6 Å². The summed E-state index contributed by atoms with van der Waals surface area (Å²) < 4.78 is 76.1. The minimum Gasteiger partial charge on any atom is -0.343 e. The van der Waals surface area contributed by atoms with E-state index in [1.165, 1.54) is 18.2 Å². The van der Waals surface area contributed by atoms with Crippen molar-refractivity contribution >= 4 is 15.9 Å². The van der Waals surface area contributed by atoms with Crippen LogP contribution >= 0.6 is 0 Å². The number of sulfonamides is 1. The summed E-state index contributed by atoms with van der Waals surface area (Å²) in [6, 6.07) is 10.2. The summed E-state index contributed by atoms with van der Waals surface area (Å²) in [5.74, 6) is -1.38. The molecule has 0 fully saturated rings. The van der Waals surface area contributed by atoms with Crippen LogP contribution in [0, 0.1) is 5.82 Å². The Morgan fingerprint density at radius 1 is 1.04 bits per heavy atom. The molecule has 0 saturated heterocycles. The summed E-state index contributed by atoms with van der Waals surface area (Å²) in [5, 5.41) is 1.69. The van der Waals surface area contributed by atoms with Gasteiger partial charge in [-0.25, -0.2) is 17.5 Å². The van der Waals surface area contributed by atoms with Gasteiger partial charge >= 0.3 is 6.18 Å². The average molecular weight is 404 g/mol. The Labute approximate surface area is 153 Å². The summed E-state index contributed by atoms with van der Waals surface area (Å²) in [5.41, 5.74) is 0.521. The molecular formula is C17H16F4N2O3S. The van der Waals surface area contributed by atoms with E-state index in [-0.39, 0.29) is 23.4 Å². The second kappa shape index (κ2) is 8.49. The molecule has 10 heteroatoms. The van der Waals surface area contributed by atoms with Gasteiger partial charge in [-0.05, 0) is 48.4 Å². The van der Waals surface area contributed by atoms with E-state index in [1.54, 1.807) is 11.4 Å². The highest BCUT2D eigenvalue weighted by atomic mass is 32.2. The number of hydrogen-bond acceptors (Lipinski definition) is 3. The van der Waals surface area contributed by atoms with Gasteiger partial charge in [-0.3, -0.25) is 4.79 Å². The molecule has 1 amide bonds. The maximum atomic E-state index is 13.1. The number of carbonyl (C=O) groups is 1. The van der Waals surface area contributed by atoms with Gasteiger partial charge in [0, 0.05) is 12.1 Å². The number of halogens is 4. The van der Waals surface area contributed by atoms with Crippen molar-refractivity contribution in [2.75, 3.05) is 13.1 Å². The van der Waals surface area contributed by atoms with Crippen molar-refractivity contribution < 1.29 is 30.8 Å². The van der Waals surface area contributed by atoms with E-state index in [0.717, 1.165) is 24.3 Å². The molecule has 0 atom stereocenters. The van der Waals surface area contributed by atoms with E-state index >= 15 is 0 Å². The molecule has 27 heavy (non-hydrogen) atoms. The molecular weight excluding hydrogens is 388 g/mol. The van der Waals surface area contributed by atoms with E-state index in [1.807, 2.05) is 0 Å². The Bertz CT molecular complexity index is 897. The van der Waals surface area contributed by atoms with Crippen molar-refractivity contribution in [3.8, 4) is 0 Å². The summed E-state index contributed by atoms with van der Waals surface area (Å²) in [6.45, 7) is -1.45. The molecule has 2 rings (SSSR count). The monoisotopic (exact) mass is 404 g/mol. The maximum Gasteiger partial charge on any atom is 0.405 e. The number of benzene rings is 2. The second-order valence-electron chi connectivity index (χ2n) is 5.60. The predicted molar refractivity (Wildman–Crippen MR) is 90.1 cm³/mol. The second-order valence-corrected chi connectivity index (χ2v) is 7.37. The molecule has 0 heterocycles. The van der Waals surface area contributed by atoms with Crippen LogP contribution in [0.3, 0.4) is 0 Å². The highest BCUT2D eigenvalue weighted by molar-refractivity contribution is 7.89. The van der Waals surface area contributed by atoms with Gasteiger partial charge in [0.1, 0.15) is 12.4 Å².